The zero-order chi connectivity index (χ0) is 18.5. The van der Waals surface area contributed by atoms with Crippen molar-refractivity contribution in [2.75, 3.05) is 6.79 Å². The second-order valence-electron chi connectivity index (χ2n) is 5.42. The zero-order valence-electron chi connectivity index (χ0n) is 13.4. The van der Waals surface area contributed by atoms with Gasteiger partial charge in [-0.3, -0.25) is 0 Å². The van der Waals surface area contributed by atoms with Gasteiger partial charge in [0.05, 0.1) is 17.9 Å². The van der Waals surface area contributed by atoms with E-state index >= 15 is 0 Å². The van der Waals surface area contributed by atoms with Gasteiger partial charge in [-0.15, -0.1) is 0 Å². The van der Waals surface area contributed by atoms with Gasteiger partial charge >= 0.3 is 0 Å². The molecule has 2 aromatic carbocycles. The van der Waals surface area contributed by atoms with Crippen molar-refractivity contribution < 1.29 is 9.47 Å². The maximum absolute atomic E-state index is 6.34. The lowest BCUT2D eigenvalue weighted by molar-refractivity contribution is -0.0444. The van der Waals surface area contributed by atoms with Gasteiger partial charge in [-0.05, 0) is 30.3 Å². The Hall–Kier alpha value is -1.43. The molecule has 0 aliphatic rings. The Kier molecular flexibility index (Phi) is 6.68. The molecule has 1 unspecified atom stereocenters. The third-order valence-electron chi connectivity index (χ3n) is 3.62. The lowest BCUT2D eigenvalue weighted by atomic mass is 10.1. The third kappa shape index (κ3) is 5.06. The Balaban J connectivity index is 1.73. The molecule has 1 atom stereocenters. The Morgan fingerprint density at radius 1 is 0.962 bits per heavy atom. The number of halogens is 4. The lowest BCUT2D eigenvalue weighted by Gasteiger charge is -2.20. The van der Waals surface area contributed by atoms with Crippen molar-refractivity contribution in [1.29, 1.82) is 0 Å². The molecular formula is C18H14Cl4N2O2. The first-order valence-corrected chi connectivity index (χ1v) is 9.14. The average molecular weight is 432 g/mol. The van der Waals surface area contributed by atoms with Crippen LogP contribution in [0.3, 0.4) is 0 Å². The molecule has 8 heteroatoms. The number of nitrogens with zero attached hydrogens (tertiary/aromatic N) is 2. The summed E-state index contributed by atoms with van der Waals surface area (Å²) in [4.78, 5) is 4.05. The fourth-order valence-electron chi connectivity index (χ4n) is 2.36. The molecule has 26 heavy (non-hydrogen) atoms. The fourth-order valence-corrected chi connectivity index (χ4v) is 3.35. The highest BCUT2D eigenvalue weighted by atomic mass is 35.5. The van der Waals surface area contributed by atoms with Crippen LogP contribution in [0, 0.1) is 0 Å². The first-order chi connectivity index (χ1) is 12.5. The molecule has 0 aliphatic heterocycles. The van der Waals surface area contributed by atoms with Gasteiger partial charge in [-0.1, -0.05) is 52.5 Å². The minimum Gasteiger partial charge on any atom is -0.466 e. The molecule has 4 nitrogen and oxygen atoms in total. The van der Waals surface area contributed by atoms with Crippen LogP contribution in [0.2, 0.25) is 20.1 Å². The van der Waals surface area contributed by atoms with E-state index < -0.39 is 0 Å². The van der Waals surface area contributed by atoms with Gasteiger partial charge < -0.3 is 14.0 Å². The number of hydrogen-bond acceptors (Lipinski definition) is 3. The van der Waals surface area contributed by atoms with E-state index in [1.54, 1.807) is 42.9 Å². The summed E-state index contributed by atoms with van der Waals surface area (Å²) in [7, 11) is 0. The second kappa shape index (κ2) is 8.98. The molecule has 0 bridgehead atoms. The summed E-state index contributed by atoms with van der Waals surface area (Å²) in [5, 5.41) is 2.03. The highest BCUT2D eigenvalue weighted by Crippen LogP contribution is 2.31. The van der Waals surface area contributed by atoms with E-state index in [2.05, 4.69) is 4.98 Å². The molecule has 0 spiro atoms. The van der Waals surface area contributed by atoms with Crippen molar-refractivity contribution in [2.24, 2.45) is 0 Å². The second-order valence-corrected chi connectivity index (χ2v) is 7.10. The van der Waals surface area contributed by atoms with Crippen LogP contribution in [0.15, 0.2) is 55.1 Å². The first kappa shape index (κ1) is 19.3. The number of imidazole rings is 1. The minimum atomic E-state index is -0.361. The number of hydrogen-bond donors (Lipinski definition) is 0. The topological polar surface area (TPSA) is 36.3 Å². The van der Waals surface area contributed by atoms with Gasteiger partial charge in [0, 0.05) is 33.0 Å². The van der Waals surface area contributed by atoms with Gasteiger partial charge in [0.25, 0.3) is 0 Å². The minimum absolute atomic E-state index is 0.0142. The lowest BCUT2D eigenvalue weighted by Crippen LogP contribution is -2.15. The quantitative estimate of drug-likeness (QED) is 0.412. The molecule has 0 saturated carbocycles. The third-order valence-corrected chi connectivity index (χ3v) is 4.72. The van der Waals surface area contributed by atoms with Gasteiger partial charge in [0.2, 0.25) is 0 Å². The molecule has 1 aromatic heterocycles. The Bertz CT molecular complexity index is 872. The summed E-state index contributed by atoms with van der Waals surface area (Å²) in [6.07, 6.45) is 4.89. The molecule has 0 aliphatic carbocycles. The smallest absolute Gasteiger partial charge is 0.189 e. The van der Waals surface area contributed by atoms with Crippen LogP contribution in [0.1, 0.15) is 11.7 Å². The SMILES string of the molecule is Clc1ccc(OCOC(Cn2ccnc2)c2ccc(Cl)cc2Cl)c(Cl)c1. The molecule has 3 aromatic rings. The summed E-state index contributed by atoms with van der Waals surface area (Å²) in [5.74, 6) is 0.486. The summed E-state index contributed by atoms with van der Waals surface area (Å²) >= 11 is 24.3. The number of benzene rings is 2. The molecule has 1 heterocycles. The highest BCUT2D eigenvalue weighted by Gasteiger charge is 2.17. The molecule has 0 radical (unpaired) electrons. The van der Waals surface area contributed by atoms with Crippen LogP contribution in [-0.2, 0) is 11.3 Å². The van der Waals surface area contributed by atoms with Crippen LogP contribution in [-0.4, -0.2) is 16.3 Å². The van der Waals surface area contributed by atoms with Gasteiger partial charge in [-0.2, -0.15) is 0 Å². The molecule has 0 N–H and O–H groups in total. The molecule has 0 fully saturated rings. The van der Waals surface area contributed by atoms with E-state index in [1.165, 1.54) is 0 Å². The van der Waals surface area contributed by atoms with Crippen LogP contribution >= 0.6 is 46.4 Å². The Morgan fingerprint density at radius 2 is 1.69 bits per heavy atom. The summed E-state index contributed by atoms with van der Waals surface area (Å²) < 4.78 is 13.4. The van der Waals surface area contributed by atoms with Gasteiger partial charge in [0.15, 0.2) is 6.79 Å². The van der Waals surface area contributed by atoms with E-state index in [4.69, 9.17) is 55.9 Å². The summed E-state index contributed by atoms with van der Waals surface area (Å²) in [6.45, 7) is 0.499. The number of ether oxygens (including phenoxy) is 2. The standard InChI is InChI=1S/C18H14Cl4N2O2/c19-12-1-3-14(15(21)7-12)18(9-24-6-5-23-10-24)26-11-25-17-4-2-13(20)8-16(17)22/h1-8,10,18H,9,11H2. The summed E-state index contributed by atoms with van der Waals surface area (Å²) in [6, 6.07) is 10.3. The van der Waals surface area contributed by atoms with Crippen molar-refractivity contribution >= 4 is 46.4 Å². The maximum atomic E-state index is 6.34. The predicted molar refractivity (Wildman–Crippen MR) is 104 cm³/mol. The van der Waals surface area contributed by atoms with Crippen molar-refractivity contribution in [3.8, 4) is 5.75 Å². The monoisotopic (exact) mass is 430 g/mol. The Morgan fingerprint density at radius 3 is 2.35 bits per heavy atom. The van der Waals surface area contributed by atoms with Crippen molar-refractivity contribution in [3.05, 3.63) is 80.8 Å². The molecule has 0 saturated heterocycles. The normalized spacial score (nSPS) is 12.2. The molecule has 136 valence electrons. The molecule has 0 amide bonds. The Labute approximate surface area is 171 Å². The molecular weight excluding hydrogens is 418 g/mol. The van der Waals surface area contributed by atoms with Crippen molar-refractivity contribution in [3.63, 3.8) is 0 Å². The van der Waals surface area contributed by atoms with Crippen molar-refractivity contribution in [2.45, 2.75) is 12.6 Å². The molecule has 3 rings (SSSR count). The van der Waals surface area contributed by atoms with E-state index in [9.17, 15) is 0 Å². The zero-order valence-corrected chi connectivity index (χ0v) is 16.4. The van der Waals surface area contributed by atoms with Crippen LogP contribution in [0.4, 0.5) is 0 Å². The highest BCUT2D eigenvalue weighted by molar-refractivity contribution is 6.35. The first-order valence-electron chi connectivity index (χ1n) is 7.63. The summed E-state index contributed by atoms with van der Waals surface area (Å²) in [5.41, 5.74) is 0.801. The fraction of sp³-hybridized carbons (Fsp3) is 0.167. The van der Waals surface area contributed by atoms with Gasteiger partial charge in [0.1, 0.15) is 11.9 Å². The van der Waals surface area contributed by atoms with Crippen LogP contribution < -0.4 is 4.74 Å². The van der Waals surface area contributed by atoms with E-state index in [1.807, 2.05) is 16.8 Å². The van der Waals surface area contributed by atoms with Crippen molar-refractivity contribution in [1.82, 2.24) is 9.55 Å². The maximum Gasteiger partial charge on any atom is 0.189 e. The predicted octanol–water partition coefficient (Wildman–Crippen LogP) is 6.29. The van der Waals surface area contributed by atoms with Gasteiger partial charge in [-0.25, -0.2) is 4.98 Å². The van der Waals surface area contributed by atoms with E-state index in [-0.39, 0.29) is 12.9 Å². The largest absolute Gasteiger partial charge is 0.466 e. The van der Waals surface area contributed by atoms with E-state index in [0.717, 1.165) is 5.56 Å². The average Bonchev–Trinajstić information content (AvgIpc) is 3.09. The van der Waals surface area contributed by atoms with Crippen LogP contribution in [0.5, 0.6) is 5.75 Å². The van der Waals surface area contributed by atoms with Crippen LogP contribution in [0.25, 0.3) is 0 Å². The number of aromatic nitrogens is 2. The number of rotatable bonds is 7. The van der Waals surface area contributed by atoms with E-state index in [0.29, 0.717) is 32.4 Å².